The molecular formula is C19H22N4O. The Kier molecular flexibility index (Phi) is 5.42. The topological polar surface area (TPSA) is 61.2 Å². The molecule has 0 saturated carbocycles. The first-order valence-corrected chi connectivity index (χ1v) is 8.25. The molecule has 1 aromatic carbocycles. The summed E-state index contributed by atoms with van der Waals surface area (Å²) in [5, 5.41) is 12.6. The standard InChI is InChI=1S/C19H22N4O/c1-15-4-6-16(7-5-15)18(23-9-11-24-12-10-23)14-22-19-17(13-20)3-2-8-21-19/h2-8,18H,9-12,14H2,1H3,(H,21,22). The fourth-order valence-corrected chi connectivity index (χ4v) is 2.97. The SMILES string of the molecule is Cc1ccc(C(CNc2ncccc2C#N)N2CCOCC2)cc1. The van der Waals surface area contributed by atoms with E-state index in [0.29, 0.717) is 17.9 Å². The molecule has 0 amide bonds. The highest BCUT2D eigenvalue weighted by Crippen LogP contribution is 2.23. The van der Waals surface area contributed by atoms with E-state index < -0.39 is 0 Å². The van der Waals surface area contributed by atoms with E-state index in [4.69, 9.17) is 4.74 Å². The predicted octanol–water partition coefficient (Wildman–Crippen LogP) is 2.75. The molecule has 1 aromatic heterocycles. The lowest BCUT2D eigenvalue weighted by Crippen LogP contribution is -2.41. The number of aryl methyl sites for hydroxylation is 1. The number of morpholine rings is 1. The summed E-state index contributed by atoms with van der Waals surface area (Å²) >= 11 is 0. The number of aromatic nitrogens is 1. The fourth-order valence-electron chi connectivity index (χ4n) is 2.97. The molecule has 2 aromatic rings. The van der Waals surface area contributed by atoms with Gasteiger partial charge in [0.25, 0.3) is 0 Å². The van der Waals surface area contributed by atoms with Crippen molar-refractivity contribution in [3.05, 3.63) is 59.3 Å². The maximum Gasteiger partial charge on any atom is 0.143 e. The molecule has 3 rings (SSSR count). The Bertz CT molecular complexity index is 702. The zero-order valence-electron chi connectivity index (χ0n) is 13.9. The highest BCUT2D eigenvalue weighted by atomic mass is 16.5. The van der Waals surface area contributed by atoms with Gasteiger partial charge in [0.05, 0.1) is 24.8 Å². The lowest BCUT2D eigenvalue weighted by molar-refractivity contribution is 0.0187. The molecule has 0 bridgehead atoms. The van der Waals surface area contributed by atoms with Gasteiger partial charge in [-0.2, -0.15) is 5.26 Å². The second-order valence-electron chi connectivity index (χ2n) is 5.97. The first kappa shape index (κ1) is 16.4. The van der Waals surface area contributed by atoms with Gasteiger partial charge in [-0.3, -0.25) is 4.90 Å². The van der Waals surface area contributed by atoms with E-state index in [1.54, 1.807) is 18.3 Å². The van der Waals surface area contributed by atoms with E-state index >= 15 is 0 Å². The van der Waals surface area contributed by atoms with Crippen LogP contribution in [0.1, 0.15) is 22.7 Å². The van der Waals surface area contributed by atoms with Crippen LogP contribution in [0.25, 0.3) is 0 Å². The molecule has 1 atom stereocenters. The number of nitriles is 1. The molecule has 1 N–H and O–H groups in total. The Morgan fingerprint density at radius 1 is 1.25 bits per heavy atom. The van der Waals surface area contributed by atoms with Crippen LogP contribution in [0, 0.1) is 18.3 Å². The lowest BCUT2D eigenvalue weighted by Gasteiger charge is -2.35. The first-order chi connectivity index (χ1) is 11.8. The van der Waals surface area contributed by atoms with E-state index in [9.17, 15) is 5.26 Å². The Balaban J connectivity index is 1.79. The van der Waals surface area contributed by atoms with Gasteiger partial charge in [0, 0.05) is 25.8 Å². The predicted molar refractivity (Wildman–Crippen MR) is 93.8 cm³/mol. The van der Waals surface area contributed by atoms with Crippen LogP contribution in [-0.2, 0) is 4.74 Å². The Hall–Kier alpha value is -2.42. The van der Waals surface area contributed by atoms with Gasteiger partial charge in [-0.15, -0.1) is 0 Å². The highest BCUT2D eigenvalue weighted by Gasteiger charge is 2.22. The van der Waals surface area contributed by atoms with Gasteiger partial charge in [-0.25, -0.2) is 4.98 Å². The number of rotatable bonds is 5. The third-order valence-corrected chi connectivity index (χ3v) is 4.34. The van der Waals surface area contributed by atoms with Crippen molar-refractivity contribution in [1.82, 2.24) is 9.88 Å². The smallest absolute Gasteiger partial charge is 0.143 e. The van der Waals surface area contributed by atoms with Gasteiger partial charge >= 0.3 is 0 Å². The molecular weight excluding hydrogens is 300 g/mol. The minimum atomic E-state index is 0.225. The first-order valence-electron chi connectivity index (χ1n) is 8.25. The average Bonchev–Trinajstić information content (AvgIpc) is 2.64. The molecule has 124 valence electrons. The number of nitrogens with one attached hydrogen (secondary N) is 1. The van der Waals surface area contributed by atoms with Crippen molar-refractivity contribution < 1.29 is 4.74 Å². The summed E-state index contributed by atoms with van der Waals surface area (Å²) in [7, 11) is 0. The van der Waals surface area contributed by atoms with Gasteiger partial charge in [-0.05, 0) is 24.6 Å². The van der Waals surface area contributed by atoms with Crippen molar-refractivity contribution in [3.8, 4) is 6.07 Å². The zero-order valence-corrected chi connectivity index (χ0v) is 13.9. The minimum Gasteiger partial charge on any atom is -0.379 e. The normalized spacial score (nSPS) is 16.3. The third-order valence-electron chi connectivity index (χ3n) is 4.34. The maximum absolute atomic E-state index is 9.22. The van der Waals surface area contributed by atoms with Gasteiger partial charge < -0.3 is 10.1 Å². The Morgan fingerprint density at radius 2 is 2.00 bits per heavy atom. The number of ether oxygens (including phenoxy) is 1. The second kappa shape index (κ2) is 7.91. The fraction of sp³-hybridized carbons (Fsp3) is 0.368. The number of anilines is 1. The summed E-state index contributed by atoms with van der Waals surface area (Å²) in [6.07, 6.45) is 1.71. The van der Waals surface area contributed by atoms with Crippen LogP contribution >= 0.6 is 0 Å². The molecule has 1 aliphatic rings. The maximum atomic E-state index is 9.22. The number of pyridine rings is 1. The molecule has 0 spiro atoms. The zero-order chi connectivity index (χ0) is 16.8. The largest absolute Gasteiger partial charge is 0.379 e. The molecule has 1 fully saturated rings. The van der Waals surface area contributed by atoms with Crippen molar-refractivity contribution in [3.63, 3.8) is 0 Å². The van der Waals surface area contributed by atoms with E-state index in [2.05, 4.69) is 52.5 Å². The summed E-state index contributed by atoms with van der Waals surface area (Å²) in [4.78, 5) is 6.72. The van der Waals surface area contributed by atoms with E-state index in [1.807, 2.05) is 0 Å². The monoisotopic (exact) mass is 322 g/mol. The molecule has 0 aliphatic carbocycles. The summed E-state index contributed by atoms with van der Waals surface area (Å²) in [6, 6.07) is 14.6. The van der Waals surface area contributed by atoms with Crippen LogP contribution in [-0.4, -0.2) is 42.7 Å². The molecule has 5 heteroatoms. The Morgan fingerprint density at radius 3 is 2.71 bits per heavy atom. The van der Waals surface area contributed by atoms with Crippen LogP contribution in [0.5, 0.6) is 0 Å². The highest BCUT2D eigenvalue weighted by molar-refractivity contribution is 5.51. The molecule has 1 aliphatic heterocycles. The molecule has 1 unspecified atom stereocenters. The van der Waals surface area contributed by atoms with Gasteiger partial charge in [0.2, 0.25) is 0 Å². The number of nitrogens with zero attached hydrogens (tertiary/aromatic N) is 3. The van der Waals surface area contributed by atoms with Crippen LogP contribution in [0.4, 0.5) is 5.82 Å². The van der Waals surface area contributed by atoms with E-state index in [0.717, 1.165) is 26.3 Å². The van der Waals surface area contributed by atoms with Crippen molar-refractivity contribution in [2.75, 3.05) is 38.2 Å². The molecule has 0 radical (unpaired) electrons. The van der Waals surface area contributed by atoms with Crippen molar-refractivity contribution in [2.45, 2.75) is 13.0 Å². The van der Waals surface area contributed by atoms with Crippen molar-refractivity contribution >= 4 is 5.82 Å². The summed E-state index contributed by atoms with van der Waals surface area (Å²) in [6.45, 7) is 6.14. The second-order valence-corrected chi connectivity index (χ2v) is 5.97. The summed E-state index contributed by atoms with van der Waals surface area (Å²) in [5.41, 5.74) is 3.09. The van der Waals surface area contributed by atoms with Gasteiger partial charge in [-0.1, -0.05) is 29.8 Å². The van der Waals surface area contributed by atoms with Gasteiger partial charge in [0.1, 0.15) is 11.9 Å². The van der Waals surface area contributed by atoms with E-state index in [1.165, 1.54) is 11.1 Å². The van der Waals surface area contributed by atoms with Crippen molar-refractivity contribution in [2.24, 2.45) is 0 Å². The summed E-state index contributed by atoms with van der Waals surface area (Å²) < 4.78 is 5.49. The van der Waals surface area contributed by atoms with Crippen LogP contribution in [0.2, 0.25) is 0 Å². The molecule has 1 saturated heterocycles. The van der Waals surface area contributed by atoms with E-state index in [-0.39, 0.29) is 6.04 Å². The number of hydrogen-bond donors (Lipinski definition) is 1. The van der Waals surface area contributed by atoms with Crippen molar-refractivity contribution in [1.29, 1.82) is 5.26 Å². The third kappa shape index (κ3) is 3.91. The lowest BCUT2D eigenvalue weighted by atomic mass is 10.0. The number of benzene rings is 1. The minimum absolute atomic E-state index is 0.225. The number of hydrogen-bond acceptors (Lipinski definition) is 5. The van der Waals surface area contributed by atoms with Crippen LogP contribution < -0.4 is 5.32 Å². The average molecular weight is 322 g/mol. The molecule has 24 heavy (non-hydrogen) atoms. The van der Waals surface area contributed by atoms with Gasteiger partial charge in [0.15, 0.2) is 0 Å². The molecule has 5 nitrogen and oxygen atoms in total. The summed E-state index contributed by atoms with van der Waals surface area (Å²) in [5.74, 6) is 0.644. The quantitative estimate of drug-likeness (QED) is 0.917. The Labute approximate surface area is 142 Å². The van der Waals surface area contributed by atoms with Crippen LogP contribution in [0.15, 0.2) is 42.6 Å². The van der Waals surface area contributed by atoms with Crippen LogP contribution in [0.3, 0.4) is 0 Å². The molecule has 2 heterocycles.